The molecule has 0 fully saturated rings. The van der Waals surface area contributed by atoms with Crippen molar-refractivity contribution in [3.8, 4) is 0 Å². The number of benzene rings is 1. The smallest absolute Gasteiger partial charge is 0.331 e. The van der Waals surface area contributed by atoms with Crippen LogP contribution in [0.25, 0.3) is 6.08 Å². The Hall–Kier alpha value is -2.14. The Balaban J connectivity index is 2.63. The van der Waals surface area contributed by atoms with Crippen molar-refractivity contribution < 1.29 is 19.4 Å². The summed E-state index contributed by atoms with van der Waals surface area (Å²) in [4.78, 5) is 23.0. The maximum absolute atomic E-state index is 11.6. The molecule has 102 valence electrons. The number of carbonyl (C=O) groups is 2. The van der Waals surface area contributed by atoms with Crippen LogP contribution in [0.1, 0.15) is 12.5 Å². The molecular weight excluding hydrogens is 246 g/mol. The van der Waals surface area contributed by atoms with Gasteiger partial charge in [0, 0.05) is 6.08 Å². The van der Waals surface area contributed by atoms with Gasteiger partial charge < -0.3 is 15.2 Å². The number of aliphatic hydroxyl groups is 1. The lowest BCUT2D eigenvalue weighted by Gasteiger charge is -2.17. The first-order chi connectivity index (χ1) is 9.04. The van der Waals surface area contributed by atoms with Gasteiger partial charge in [-0.25, -0.2) is 4.79 Å². The standard InChI is InChI=1S/C14H17NO4/c1-10(16)13(14(18)19-2)15-12(17)9-8-11-6-4-3-5-7-11/h3-10,13,16H,1-2H3,(H,15,17)/b9-8+/t10-,13+/m1/s1. The van der Waals surface area contributed by atoms with Crippen LogP contribution in [0.5, 0.6) is 0 Å². The van der Waals surface area contributed by atoms with E-state index in [4.69, 9.17) is 0 Å². The van der Waals surface area contributed by atoms with E-state index in [1.807, 2.05) is 30.3 Å². The molecule has 1 aromatic carbocycles. The second kappa shape index (κ2) is 7.33. The third kappa shape index (κ3) is 4.93. The second-order valence-electron chi connectivity index (χ2n) is 3.99. The van der Waals surface area contributed by atoms with E-state index in [1.165, 1.54) is 20.1 Å². The van der Waals surface area contributed by atoms with Crippen molar-refractivity contribution in [1.82, 2.24) is 5.32 Å². The fourth-order valence-corrected chi connectivity index (χ4v) is 1.44. The molecule has 1 amide bonds. The summed E-state index contributed by atoms with van der Waals surface area (Å²) in [6.45, 7) is 1.41. The summed E-state index contributed by atoms with van der Waals surface area (Å²) in [5.74, 6) is -1.16. The normalized spacial score (nSPS) is 13.8. The van der Waals surface area contributed by atoms with E-state index in [2.05, 4.69) is 10.1 Å². The molecular formula is C14H17NO4. The highest BCUT2D eigenvalue weighted by molar-refractivity contribution is 5.94. The van der Waals surface area contributed by atoms with Gasteiger partial charge >= 0.3 is 5.97 Å². The summed E-state index contributed by atoms with van der Waals surface area (Å²) in [6, 6.07) is 8.19. The summed E-state index contributed by atoms with van der Waals surface area (Å²) in [7, 11) is 1.20. The third-order valence-corrected chi connectivity index (χ3v) is 2.46. The lowest BCUT2D eigenvalue weighted by molar-refractivity contribution is -0.147. The minimum Gasteiger partial charge on any atom is -0.467 e. The van der Waals surface area contributed by atoms with E-state index in [0.29, 0.717) is 0 Å². The Morgan fingerprint density at radius 1 is 1.32 bits per heavy atom. The highest BCUT2D eigenvalue weighted by Gasteiger charge is 2.25. The first kappa shape index (κ1) is 14.9. The van der Waals surface area contributed by atoms with Gasteiger partial charge in [-0.05, 0) is 18.6 Å². The molecule has 0 saturated carbocycles. The third-order valence-electron chi connectivity index (χ3n) is 2.46. The van der Waals surface area contributed by atoms with Gasteiger partial charge in [-0.2, -0.15) is 0 Å². The lowest BCUT2D eigenvalue weighted by atomic mass is 10.1. The molecule has 0 aliphatic heterocycles. The maximum atomic E-state index is 11.6. The zero-order valence-electron chi connectivity index (χ0n) is 10.9. The zero-order valence-corrected chi connectivity index (χ0v) is 10.9. The molecule has 19 heavy (non-hydrogen) atoms. The van der Waals surface area contributed by atoms with Gasteiger partial charge in [-0.1, -0.05) is 30.3 Å². The molecule has 2 N–H and O–H groups in total. The average molecular weight is 263 g/mol. The van der Waals surface area contributed by atoms with E-state index < -0.39 is 24.0 Å². The summed E-state index contributed by atoms with van der Waals surface area (Å²) in [5.41, 5.74) is 0.865. The summed E-state index contributed by atoms with van der Waals surface area (Å²) < 4.78 is 4.50. The number of amides is 1. The van der Waals surface area contributed by atoms with E-state index in [1.54, 1.807) is 6.08 Å². The topological polar surface area (TPSA) is 75.6 Å². The predicted octanol–water partition coefficient (Wildman–Crippen LogP) is 0.738. The van der Waals surface area contributed by atoms with E-state index >= 15 is 0 Å². The minimum atomic E-state index is -1.07. The van der Waals surface area contributed by atoms with Gasteiger partial charge in [-0.15, -0.1) is 0 Å². The molecule has 0 saturated heterocycles. The number of carbonyl (C=O) groups excluding carboxylic acids is 2. The highest BCUT2D eigenvalue weighted by Crippen LogP contribution is 2.01. The van der Waals surface area contributed by atoms with Crippen molar-refractivity contribution in [2.24, 2.45) is 0 Å². The van der Waals surface area contributed by atoms with Crippen molar-refractivity contribution in [2.75, 3.05) is 7.11 Å². The van der Waals surface area contributed by atoms with Crippen LogP contribution in [-0.4, -0.2) is 36.2 Å². The molecule has 0 aliphatic rings. The predicted molar refractivity (Wildman–Crippen MR) is 71.1 cm³/mol. The van der Waals surface area contributed by atoms with Gasteiger partial charge in [0.2, 0.25) is 5.91 Å². The quantitative estimate of drug-likeness (QED) is 0.607. The van der Waals surface area contributed by atoms with Crippen LogP contribution in [0.15, 0.2) is 36.4 Å². The fourth-order valence-electron chi connectivity index (χ4n) is 1.44. The van der Waals surface area contributed by atoms with Crippen LogP contribution in [0.3, 0.4) is 0 Å². The maximum Gasteiger partial charge on any atom is 0.331 e. The van der Waals surface area contributed by atoms with Crippen molar-refractivity contribution in [2.45, 2.75) is 19.1 Å². The number of ether oxygens (including phenoxy) is 1. The van der Waals surface area contributed by atoms with Crippen LogP contribution in [-0.2, 0) is 14.3 Å². The Labute approximate surface area is 111 Å². The Bertz CT molecular complexity index is 454. The van der Waals surface area contributed by atoms with E-state index in [0.717, 1.165) is 5.56 Å². The number of esters is 1. The number of methoxy groups -OCH3 is 1. The number of hydrogen-bond donors (Lipinski definition) is 2. The minimum absolute atomic E-state index is 0.472. The molecule has 1 aromatic rings. The molecule has 1 rings (SSSR count). The van der Waals surface area contributed by atoms with Crippen LogP contribution in [0, 0.1) is 0 Å². The molecule has 0 radical (unpaired) electrons. The average Bonchev–Trinajstić information content (AvgIpc) is 2.42. The van der Waals surface area contributed by atoms with Crippen LogP contribution >= 0.6 is 0 Å². The molecule has 0 aliphatic carbocycles. The lowest BCUT2D eigenvalue weighted by Crippen LogP contribution is -2.47. The molecule has 5 heteroatoms. The number of nitrogens with one attached hydrogen (secondary N) is 1. The molecule has 2 atom stereocenters. The van der Waals surface area contributed by atoms with E-state index in [9.17, 15) is 14.7 Å². The Kier molecular flexibility index (Phi) is 5.75. The summed E-state index contributed by atoms with van der Waals surface area (Å²) >= 11 is 0. The van der Waals surface area contributed by atoms with Crippen LogP contribution < -0.4 is 5.32 Å². The van der Waals surface area contributed by atoms with E-state index in [-0.39, 0.29) is 0 Å². The van der Waals surface area contributed by atoms with Gasteiger partial charge in [0.15, 0.2) is 6.04 Å². The van der Waals surface area contributed by atoms with Crippen molar-refractivity contribution in [3.63, 3.8) is 0 Å². The summed E-state index contributed by atoms with van der Waals surface area (Å²) in [5, 5.41) is 11.8. The van der Waals surface area contributed by atoms with Crippen molar-refractivity contribution in [3.05, 3.63) is 42.0 Å². The highest BCUT2D eigenvalue weighted by atomic mass is 16.5. The van der Waals surface area contributed by atoms with Crippen molar-refractivity contribution in [1.29, 1.82) is 0 Å². The molecule has 0 spiro atoms. The second-order valence-corrected chi connectivity index (χ2v) is 3.99. The SMILES string of the molecule is COC(=O)[C@@H](NC(=O)/C=C/c1ccccc1)[C@@H](C)O. The molecule has 5 nitrogen and oxygen atoms in total. The summed E-state index contributed by atoms with van der Waals surface area (Å²) in [6.07, 6.45) is 1.89. The number of aliphatic hydroxyl groups excluding tert-OH is 1. The Morgan fingerprint density at radius 3 is 2.47 bits per heavy atom. The molecule has 0 aromatic heterocycles. The van der Waals surface area contributed by atoms with Gasteiger partial charge in [-0.3, -0.25) is 4.79 Å². The van der Waals surface area contributed by atoms with Gasteiger partial charge in [0.25, 0.3) is 0 Å². The fraction of sp³-hybridized carbons (Fsp3) is 0.286. The largest absolute Gasteiger partial charge is 0.467 e. The number of hydrogen-bond acceptors (Lipinski definition) is 4. The molecule has 0 bridgehead atoms. The number of rotatable bonds is 5. The van der Waals surface area contributed by atoms with Crippen LogP contribution in [0.2, 0.25) is 0 Å². The van der Waals surface area contributed by atoms with Gasteiger partial charge in [0.1, 0.15) is 0 Å². The van der Waals surface area contributed by atoms with Crippen LogP contribution in [0.4, 0.5) is 0 Å². The van der Waals surface area contributed by atoms with Gasteiger partial charge in [0.05, 0.1) is 13.2 Å². The Morgan fingerprint density at radius 2 is 1.95 bits per heavy atom. The first-order valence-corrected chi connectivity index (χ1v) is 5.84. The van der Waals surface area contributed by atoms with Crippen molar-refractivity contribution >= 4 is 18.0 Å². The molecule has 0 heterocycles. The first-order valence-electron chi connectivity index (χ1n) is 5.84. The monoisotopic (exact) mass is 263 g/mol. The zero-order chi connectivity index (χ0) is 14.3. The molecule has 0 unspecified atom stereocenters.